The second-order valence-corrected chi connectivity index (χ2v) is 14.2. The molecule has 36 heavy (non-hydrogen) atoms. The largest absolute Gasteiger partial charge is 0.469 e. The Morgan fingerprint density at radius 1 is 1.11 bits per heavy atom. The fourth-order valence-electron chi connectivity index (χ4n) is 9.78. The number of ether oxygens (including phenoxy) is 1. The van der Waals surface area contributed by atoms with Crippen LogP contribution in [0.2, 0.25) is 0 Å². The Balaban J connectivity index is 1.80. The smallest absolute Gasteiger partial charge is 0.312 e. The highest BCUT2D eigenvalue weighted by Crippen LogP contribution is 2.74. The van der Waals surface area contributed by atoms with Gasteiger partial charge < -0.3 is 4.74 Å². The number of rotatable bonds is 5. The minimum absolute atomic E-state index is 0.00602. The first-order valence-corrected chi connectivity index (χ1v) is 14.1. The molecule has 4 rings (SSSR count). The van der Waals surface area contributed by atoms with Gasteiger partial charge in [0.1, 0.15) is 0 Å². The van der Waals surface area contributed by atoms with Gasteiger partial charge in [-0.3, -0.25) is 14.8 Å². The molecule has 7 atom stereocenters. The summed E-state index contributed by atoms with van der Waals surface area (Å²) in [6.45, 7) is 18.6. The molecule has 2 N–H and O–H groups in total. The third-order valence-electron chi connectivity index (χ3n) is 12.1. The van der Waals surface area contributed by atoms with Gasteiger partial charge in [-0.25, -0.2) is 5.48 Å². The number of methoxy groups -OCH3 is 1. The van der Waals surface area contributed by atoms with E-state index in [-0.39, 0.29) is 39.5 Å². The molecule has 202 valence electrons. The lowest BCUT2D eigenvalue weighted by Gasteiger charge is -2.69. The van der Waals surface area contributed by atoms with Crippen LogP contribution in [0.3, 0.4) is 0 Å². The fourth-order valence-corrected chi connectivity index (χ4v) is 9.78. The van der Waals surface area contributed by atoms with Crippen LogP contribution in [-0.4, -0.2) is 24.2 Å². The summed E-state index contributed by atoms with van der Waals surface area (Å²) in [5.74, 6) is 0.668. The molecule has 5 nitrogen and oxygen atoms in total. The third-order valence-corrected chi connectivity index (χ3v) is 12.1. The molecule has 4 aliphatic carbocycles. The minimum atomic E-state index is -0.393. The van der Waals surface area contributed by atoms with Crippen molar-refractivity contribution in [3.8, 4) is 0 Å². The molecule has 0 aromatic carbocycles. The molecule has 0 heterocycles. The van der Waals surface area contributed by atoms with Gasteiger partial charge in [0.2, 0.25) is 5.91 Å². The Kier molecular flexibility index (Phi) is 6.85. The summed E-state index contributed by atoms with van der Waals surface area (Å²) in [5.41, 5.74) is 4.36. The molecular weight excluding hydrogens is 450 g/mol. The average Bonchev–Trinajstić information content (AvgIpc) is 2.82. The van der Waals surface area contributed by atoms with Crippen LogP contribution >= 0.6 is 0 Å². The summed E-state index contributed by atoms with van der Waals surface area (Å²) in [4.78, 5) is 25.5. The monoisotopic (exact) mass is 499 g/mol. The Hall–Kier alpha value is -1.62. The number of esters is 1. The van der Waals surface area contributed by atoms with Gasteiger partial charge in [-0.2, -0.15) is 0 Å². The first kappa shape index (κ1) is 27.4. The summed E-state index contributed by atoms with van der Waals surface area (Å²) in [6.07, 6.45) is 11.6. The van der Waals surface area contributed by atoms with Crippen molar-refractivity contribution in [2.24, 2.45) is 44.8 Å². The van der Waals surface area contributed by atoms with Gasteiger partial charge in [0.05, 0.1) is 12.5 Å². The van der Waals surface area contributed by atoms with Gasteiger partial charge in [0, 0.05) is 6.42 Å². The van der Waals surface area contributed by atoms with E-state index < -0.39 is 5.41 Å². The zero-order valence-corrected chi connectivity index (χ0v) is 23.8. The van der Waals surface area contributed by atoms with Gasteiger partial charge >= 0.3 is 5.97 Å². The predicted octanol–water partition coefficient (Wildman–Crippen LogP) is 7.00. The standard InChI is InChI=1S/C31H49NO4/c1-20(2)21-11-14-30(7)24(28(21,5)13-12-25(33)32-35)10-9-22-23-19-27(3,4)15-17-31(23,26(34)36-8)18-16-29(22,30)6/h9,21,23-24,35H,1,10-19H2,2-8H3,(H,32,33)/t21-,23-,24+,28-,29+,30+,31-/m0/s1. The van der Waals surface area contributed by atoms with Crippen LogP contribution in [0.4, 0.5) is 0 Å². The molecule has 5 heteroatoms. The third kappa shape index (κ3) is 3.82. The average molecular weight is 500 g/mol. The summed E-state index contributed by atoms with van der Waals surface area (Å²) in [5, 5.41) is 9.18. The normalized spacial score (nSPS) is 43.2. The quantitative estimate of drug-likeness (QED) is 0.185. The van der Waals surface area contributed by atoms with E-state index in [1.165, 1.54) is 11.1 Å². The van der Waals surface area contributed by atoms with Crippen molar-refractivity contribution >= 4 is 11.9 Å². The molecule has 1 amide bonds. The number of hydrogen-bond donors (Lipinski definition) is 2. The van der Waals surface area contributed by atoms with Gasteiger partial charge in [0.15, 0.2) is 0 Å². The van der Waals surface area contributed by atoms with Crippen LogP contribution in [0.25, 0.3) is 0 Å². The number of hydroxylamine groups is 1. The Labute approximate surface area is 218 Å². The SMILES string of the molecule is C=C(C)[C@@H]1CC[C@]2(C)[C@H](CC=C3[C@@H]4CC(C)(C)CC[C@]4(C(=O)OC)CC[C@]32C)[C@@]1(C)CCC(=O)NO. The van der Waals surface area contributed by atoms with Crippen LogP contribution in [0, 0.1) is 44.8 Å². The summed E-state index contributed by atoms with van der Waals surface area (Å²) >= 11 is 0. The van der Waals surface area contributed by atoms with E-state index in [1.807, 2.05) is 5.48 Å². The number of carbonyl (C=O) groups is 2. The maximum Gasteiger partial charge on any atom is 0.312 e. The molecule has 0 aromatic heterocycles. The van der Waals surface area contributed by atoms with Crippen molar-refractivity contribution in [3.05, 3.63) is 23.8 Å². The van der Waals surface area contributed by atoms with Crippen LogP contribution in [0.1, 0.15) is 106 Å². The Morgan fingerprint density at radius 3 is 2.39 bits per heavy atom. The molecule has 0 unspecified atom stereocenters. The summed E-state index contributed by atoms with van der Waals surface area (Å²) in [6, 6.07) is 0. The maximum absolute atomic E-state index is 13.4. The second-order valence-electron chi connectivity index (χ2n) is 14.2. The molecule has 4 aliphatic rings. The number of amides is 1. The molecule has 0 spiro atoms. The molecule has 0 saturated heterocycles. The predicted molar refractivity (Wildman–Crippen MR) is 142 cm³/mol. The van der Waals surface area contributed by atoms with Crippen molar-refractivity contribution in [2.75, 3.05) is 7.11 Å². The number of fused-ring (bicyclic) bond motifs is 5. The maximum atomic E-state index is 13.4. The first-order chi connectivity index (χ1) is 16.7. The lowest BCUT2D eigenvalue weighted by atomic mass is 9.35. The van der Waals surface area contributed by atoms with Crippen molar-refractivity contribution in [3.63, 3.8) is 0 Å². The van der Waals surface area contributed by atoms with Crippen LogP contribution < -0.4 is 5.48 Å². The van der Waals surface area contributed by atoms with Crippen LogP contribution in [0.15, 0.2) is 23.8 Å². The second kappa shape index (κ2) is 8.99. The first-order valence-electron chi connectivity index (χ1n) is 14.1. The molecule has 0 radical (unpaired) electrons. The molecule has 0 aliphatic heterocycles. The van der Waals surface area contributed by atoms with Crippen LogP contribution in [0.5, 0.6) is 0 Å². The van der Waals surface area contributed by atoms with Gasteiger partial charge in [-0.1, -0.05) is 58.4 Å². The van der Waals surface area contributed by atoms with E-state index in [0.717, 1.165) is 57.8 Å². The van der Waals surface area contributed by atoms with E-state index in [0.29, 0.717) is 18.3 Å². The Morgan fingerprint density at radius 2 is 1.78 bits per heavy atom. The van der Waals surface area contributed by atoms with Gasteiger partial charge in [-0.15, -0.1) is 0 Å². The lowest BCUT2D eigenvalue weighted by Crippen LogP contribution is -2.62. The number of allylic oxidation sites excluding steroid dienone is 3. The van der Waals surface area contributed by atoms with Gasteiger partial charge in [0.25, 0.3) is 0 Å². The molecule has 0 aromatic rings. The van der Waals surface area contributed by atoms with E-state index >= 15 is 0 Å². The number of hydrogen-bond acceptors (Lipinski definition) is 4. The van der Waals surface area contributed by atoms with Crippen molar-refractivity contribution in [1.29, 1.82) is 0 Å². The van der Waals surface area contributed by atoms with Gasteiger partial charge in [-0.05, 0) is 104 Å². The van der Waals surface area contributed by atoms with E-state index in [9.17, 15) is 14.8 Å². The lowest BCUT2D eigenvalue weighted by molar-refractivity contribution is -0.174. The summed E-state index contributed by atoms with van der Waals surface area (Å²) < 4.78 is 5.47. The molecule has 3 saturated carbocycles. The minimum Gasteiger partial charge on any atom is -0.469 e. The molecular formula is C31H49NO4. The van der Waals surface area contributed by atoms with Crippen molar-refractivity contribution in [2.45, 2.75) is 106 Å². The highest BCUT2D eigenvalue weighted by atomic mass is 16.5. The van der Waals surface area contributed by atoms with Crippen molar-refractivity contribution in [1.82, 2.24) is 5.48 Å². The Bertz CT molecular complexity index is 968. The zero-order chi connectivity index (χ0) is 26.7. The number of carbonyl (C=O) groups excluding carboxylic acids is 2. The summed E-state index contributed by atoms with van der Waals surface area (Å²) in [7, 11) is 1.56. The van der Waals surface area contributed by atoms with Crippen molar-refractivity contribution < 1.29 is 19.5 Å². The number of nitrogens with one attached hydrogen (secondary N) is 1. The fraction of sp³-hybridized carbons (Fsp3) is 0.806. The van der Waals surface area contributed by atoms with E-state index in [4.69, 9.17) is 4.74 Å². The zero-order valence-electron chi connectivity index (χ0n) is 23.8. The highest BCUT2D eigenvalue weighted by molar-refractivity contribution is 5.78. The molecule has 0 bridgehead atoms. The van der Waals surface area contributed by atoms with Crippen LogP contribution in [-0.2, 0) is 14.3 Å². The van der Waals surface area contributed by atoms with E-state index in [1.54, 1.807) is 7.11 Å². The topological polar surface area (TPSA) is 75.6 Å². The van der Waals surface area contributed by atoms with E-state index in [2.05, 4.69) is 54.2 Å². The highest BCUT2D eigenvalue weighted by Gasteiger charge is 2.67. The molecule has 3 fully saturated rings.